The fourth-order valence-electron chi connectivity index (χ4n) is 2.37. The summed E-state index contributed by atoms with van der Waals surface area (Å²) in [5.41, 5.74) is 2.35. The first-order valence-corrected chi connectivity index (χ1v) is 7.40. The Morgan fingerprint density at radius 3 is 2.50 bits per heavy atom. The van der Waals surface area contributed by atoms with Gasteiger partial charge >= 0.3 is 5.97 Å². The highest BCUT2D eigenvalue weighted by Gasteiger charge is 2.15. The van der Waals surface area contributed by atoms with Crippen LogP contribution in [0, 0.1) is 0 Å². The third-order valence-corrected chi connectivity index (χ3v) is 3.51. The summed E-state index contributed by atoms with van der Waals surface area (Å²) >= 11 is 0. The van der Waals surface area contributed by atoms with Crippen LogP contribution in [-0.4, -0.2) is 28.4 Å². The minimum Gasteiger partial charge on any atom is -0.508 e. The van der Waals surface area contributed by atoms with Crippen molar-refractivity contribution in [1.29, 1.82) is 0 Å². The second kappa shape index (κ2) is 6.50. The van der Waals surface area contributed by atoms with E-state index in [0.717, 1.165) is 5.56 Å². The number of phenols is 1. The van der Waals surface area contributed by atoms with E-state index in [1.54, 1.807) is 42.5 Å². The molecule has 0 aliphatic rings. The van der Waals surface area contributed by atoms with Crippen molar-refractivity contribution in [3.63, 3.8) is 0 Å². The summed E-state index contributed by atoms with van der Waals surface area (Å²) in [6.45, 7) is 1.10. The van der Waals surface area contributed by atoms with Crippen molar-refractivity contribution in [2.75, 3.05) is 6.61 Å². The van der Waals surface area contributed by atoms with Crippen LogP contribution >= 0.6 is 0 Å². The number of pyridine rings is 1. The zero-order chi connectivity index (χ0) is 17.1. The largest absolute Gasteiger partial charge is 0.508 e. The standard InChI is InChI=1S/C19H15NO4/c1-12(21)11-24-19(23)16-10-18(13-6-8-14(22)9-7-13)20-17-5-3-2-4-15(16)17/h2-10,22H,11H2,1H3. The molecule has 3 rings (SSSR count). The molecule has 0 atom stereocenters. The maximum Gasteiger partial charge on any atom is 0.339 e. The number of esters is 1. The molecule has 0 fully saturated rings. The quantitative estimate of drug-likeness (QED) is 0.746. The number of ether oxygens (including phenoxy) is 1. The molecule has 5 heteroatoms. The lowest BCUT2D eigenvalue weighted by molar-refractivity contribution is -0.120. The van der Waals surface area contributed by atoms with Gasteiger partial charge in [0.1, 0.15) is 12.4 Å². The number of para-hydroxylation sites is 1. The van der Waals surface area contributed by atoms with Crippen LogP contribution in [0.25, 0.3) is 22.2 Å². The Hall–Kier alpha value is -3.21. The predicted molar refractivity (Wildman–Crippen MR) is 89.8 cm³/mol. The summed E-state index contributed by atoms with van der Waals surface area (Å²) in [5.74, 6) is -0.634. The molecule has 0 radical (unpaired) electrons. The number of carbonyl (C=O) groups excluding carboxylic acids is 2. The molecule has 0 aliphatic heterocycles. The Labute approximate surface area is 138 Å². The molecule has 0 unspecified atom stereocenters. The number of carbonyl (C=O) groups is 2. The smallest absolute Gasteiger partial charge is 0.339 e. The number of rotatable bonds is 4. The van der Waals surface area contributed by atoms with Gasteiger partial charge < -0.3 is 9.84 Å². The first-order valence-electron chi connectivity index (χ1n) is 7.40. The van der Waals surface area contributed by atoms with E-state index in [1.807, 2.05) is 12.1 Å². The van der Waals surface area contributed by atoms with Gasteiger partial charge in [-0.25, -0.2) is 9.78 Å². The fourth-order valence-corrected chi connectivity index (χ4v) is 2.37. The number of hydrogen-bond acceptors (Lipinski definition) is 5. The molecule has 0 bridgehead atoms. The lowest BCUT2D eigenvalue weighted by atomic mass is 10.0. The fraction of sp³-hybridized carbons (Fsp3) is 0.105. The van der Waals surface area contributed by atoms with Crippen LogP contribution < -0.4 is 0 Å². The van der Waals surface area contributed by atoms with Crippen LogP contribution in [0.1, 0.15) is 17.3 Å². The summed E-state index contributed by atoms with van der Waals surface area (Å²) in [5, 5.41) is 10.1. The van der Waals surface area contributed by atoms with E-state index in [-0.39, 0.29) is 18.1 Å². The Balaban J connectivity index is 2.10. The Morgan fingerprint density at radius 2 is 1.79 bits per heavy atom. The second-order valence-electron chi connectivity index (χ2n) is 5.40. The van der Waals surface area contributed by atoms with E-state index in [1.165, 1.54) is 6.92 Å². The van der Waals surface area contributed by atoms with Crippen molar-refractivity contribution < 1.29 is 19.4 Å². The highest BCUT2D eigenvalue weighted by Crippen LogP contribution is 2.26. The van der Waals surface area contributed by atoms with Crippen molar-refractivity contribution in [3.8, 4) is 17.0 Å². The minimum absolute atomic E-state index is 0.153. The van der Waals surface area contributed by atoms with Gasteiger partial charge in [0.25, 0.3) is 0 Å². The van der Waals surface area contributed by atoms with Gasteiger partial charge in [0.2, 0.25) is 0 Å². The van der Waals surface area contributed by atoms with Gasteiger partial charge in [-0.3, -0.25) is 4.79 Å². The van der Waals surface area contributed by atoms with E-state index in [2.05, 4.69) is 4.98 Å². The maximum atomic E-state index is 12.4. The Kier molecular flexibility index (Phi) is 4.24. The molecule has 3 aromatic rings. The lowest BCUT2D eigenvalue weighted by Crippen LogP contribution is -2.12. The van der Waals surface area contributed by atoms with E-state index in [0.29, 0.717) is 22.2 Å². The predicted octanol–water partition coefficient (Wildman–Crippen LogP) is 3.35. The summed E-state index contributed by atoms with van der Waals surface area (Å²) in [6, 6.07) is 15.4. The minimum atomic E-state index is -0.566. The normalized spacial score (nSPS) is 10.5. The van der Waals surface area contributed by atoms with E-state index in [9.17, 15) is 14.7 Å². The van der Waals surface area contributed by atoms with Crippen LogP contribution in [0.3, 0.4) is 0 Å². The zero-order valence-electron chi connectivity index (χ0n) is 13.0. The number of benzene rings is 2. The van der Waals surface area contributed by atoms with E-state index in [4.69, 9.17) is 4.74 Å². The maximum absolute atomic E-state index is 12.4. The number of nitrogens with zero attached hydrogens (tertiary/aromatic N) is 1. The van der Waals surface area contributed by atoms with Crippen molar-refractivity contribution >= 4 is 22.7 Å². The second-order valence-corrected chi connectivity index (χ2v) is 5.40. The third-order valence-electron chi connectivity index (χ3n) is 3.51. The van der Waals surface area contributed by atoms with Gasteiger partial charge in [-0.2, -0.15) is 0 Å². The highest BCUT2D eigenvalue weighted by atomic mass is 16.5. The number of fused-ring (bicyclic) bond motifs is 1. The average Bonchev–Trinajstić information content (AvgIpc) is 2.59. The number of aromatic nitrogens is 1. The van der Waals surface area contributed by atoms with Crippen LogP contribution in [0.15, 0.2) is 54.6 Å². The molecular weight excluding hydrogens is 306 g/mol. The molecule has 1 aromatic heterocycles. The molecule has 5 nitrogen and oxygen atoms in total. The number of Topliss-reactive ketones (excluding diaryl/α,β-unsaturated/α-hetero) is 1. The molecule has 0 spiro atoms. The molecule has 1 heterocycles. The molecule has 24 heavy (non-hydrogen) atoms. The van der Waals surface area contributed by atoms with Crippen LogP contribution in [0.2, 0.25) is 0 Å². The SMILES string of the molecule is CC(=O)COC(=O)c1cc(-c2ccc(O)cc2)nc2ccccc12. The number of ketones is 1. The molecule has 2 aromatic carbocycles. The van der Waals surface area contributed by atoms with Gasteiger partial charge in [-0.1, -0.05) is 18.2 Å². The van der Waals surface area contributed by atoms with E-state index >= 15 is 0 Å². The third kappa shape index (κ3) is 3.25. The Bertz CT molecular complexity index is 916. The van der Waals surface area contributed by atoms with Gasteiger partial charge in [0.15, 0.2) is 5.78 Å². The number of aromatic hydroxyl groups is 1. The van der Waals surface area contributed by atoms with Gasteiger partial charge in [-0.05, 0) is 43.3 Å². The summed E-state index contributed by atoms with van der Waals surface area (Å²) < 4.78 is 5.05. The highest BCUT2D eigenvalue weighted by molar-refractivity contribution is 6.05. The molecule has 120 valence electrons. The average molecular weight is 321 g/mol. The monoisotopic (exact) mass is 321 g/mol. The first kappa shape index (κ1) is 15.7. The van der Waals surface area contributed by atoms with Crippen molar-refractivity contribution in [2.45, 2.75) is 6.92 Å². The van der Waals surface area contributed by atoms with Crippen LogP contribution in [0.4, 0.5) is 0 Å². The van der Waals surface area contributed by atoms with Crippen molar-refractivity contribution in [1.82, 2.24) is 4.98 Å². The zero-order valence-corrected chi connectivity index (χ0v) is 13.0. The van der Waals surface area contributed by atoms with Crippen molar-refractivity contribution in [2.24, 2.45) is 0 Å². The molecule has 0 saturated carbocycles. The molecule has 0 saturated heterocycles. The van der Waals surface area contributed by atoms with Crippen molar-refractivity contribution in [3.05, 3.63) is 60.2 Å². The number of phenolic OH excluding ortho intramolecular Hbond substituents is 1. The molecule has 1 N–H and O–H groups in total. The lowest BCUT2D eigenvalue weighted by Gasteiger charge is -2.09. The Morgan fingerprint density at radius 1 is 1.08 bits per heavy atom. The summed E-state index contributed by atoms with van der Waals surface area (Å²) in [7, 11) is 0. The van der Waals surface area contributed by atoms with Gasteiger partial charge in [-0.15, -0.1) is 0 Å². The summed E-state index contributed by atoms with van der Waals surface area (Å²) in [6.07, 6.45) is 0. The molecule has 0 aliphatic carbocycles. The topological polar surface area (TPSA) is 76.5 Å². The first-order chi connectivity index (χ1) is 11.5. The van der Waals surface area contributed by atoms with E-state index < -0.39 is 5.97 Å². The van der Waals surface area contributed by atoms with Gasteiger partial charge in [0, 0.05) is 10.9 Å². The van der Waals surface area contributed by atoms with Crippen LogP contribution in [-0.2, 0) is 9.53 Å². The van der Waals surface area contributed by atoms with Crippen LogP contribution in [0.5, 0.6) is 5.75 Å². The number of hydrogen-bond donors (Lipinski definition) is 1. The summed E-state index contributed by atoms with van der Waals surface area (Å²) in [4.78, 5) is 28.0. The molecular formula is C19H15NO4. The van der Waals surface area contributed by atoms with Gasteiger partial charge in [0.05, 0.1) is 16.8 Å². The molecule has 0 amide bonds.